The van der Waals surface area contributed by atoms with Crippen molar-refractivity contribution in [3.63, 3.8) is 0 Å². The van der Waals surface area contributed by atoms with Gasteiger partial charge in [0.2, 0.25) is 0 Å². The fourth-order valence-electron chi connectivity index (χ4n) is 2.12. The Morgan fingerprint density at radius 3 is 2.50 bits per heavy atom. The molecule has 1 saturated heterocycles. The molecule has 0 aromatic carbocycles. The molecule has 0 spiro atoms. The molecule has 2 heterocycles. The van der Waals surface area contributed by atoms with Gasteiger partial charge in [-0.05, 0) is 12.1 Å². The standard InChI is InChI=1S/C12H15F3N4S/c13-12(14,15)9-1-2-17-11(7-9)19-5-3-18(4-6-19)8-10(16)20/h1-2,7H,3-6,8H2,(H2,16,20). The highest BCUT2D eigenvalue weighted by molar-refractivity contribution is 7.80. The van der Waals surface area contributed by atoms with Crippen LogP contribution >= 0.6 is 12.2 Å². The largest absolute Gasteiger partial charge is 0.416 e. The van der Waals surface area contributed by atoms with E-state index in [0.29, 0.717) is 43.5 Å². The Labute approximate surface area is 120 Å². The SMILES string of the molecule is NC(=S)CN1CCN(c2cc(C(F)(F)F)ccn2)CC1. The zero-order chi connectivity index (χ0) is 14.8. The highest BCUT2D eigenvalue weighted by Gasteiger charge is 2.31. The van der Waals surface area contributed by atoms with Gasteiger partial charge in [0.25, 0.3) is 0 Å². The van der Waals surface area contributed by atoms with Gasteiger partial charge >= 0.3 is 6.18 Å². The van der Waals surface area contributed by atoms with Crippen LogP contribution in [0.5, 0.6) is 0 Å². The molecule has 0 atom stereocenters. The van der Waals surface area contributed by atoms with Crippen LogP contribution in [0.25, 0.3) is 0 Å². The van der Waals surface area contributed by atoms with Crippen molar-refractivity contribution in [2.24, 2.45) is 5.73 Å². The minimum atomic E-state index is -4.34. The van der Waals surface area contributed by atoms with Crippen LogP contribution in [0.3, 0.4) is 0 Å². The lowest BCUT2D eigenvalue weighted by molar-refractivity contribution is -0.137. The van der Waals surface area contributed by atoms with Crippen molar-refractivity contribution in [2.75, 3.05) is 37.6 Å². The van der Waals surface area contributed by atoms with E-state index in [4.69, 9.17) is 18.0 Å². The van der Waals surface area contributed by atoms with E-state index in [-0.39, 0.29) is 0 Å². The van der Waals surface area contributed by atoms with Crippen molar-refractivity contribution in [1.82, 2.24) is 9.88 Å². The van der Waals surface area contributed by atoms with Crippen molar-refractivity contribution in [3.8, 4) is 0 Å². The molecule has 0 amide bonds. The molecular weight excluding hydrogens is 289 g/mol. The third-order valence-corrected chi connectivity index (χ3v) is 3.28. The Morgan fingerprint density at radius 1 is 1.30 bits per heavy atom. The summed E-state index contributed by atoms with van der Waals surface area (Å²) in [7, 11) is 0. The maximum absolute atomic E-state index is 12.7. The smallest absolute Gasteiger partial charge is 0.392 e. The Kier molecular flexibility index (Phi) is 4.44. The fourth-order valence-corrected chi connectivity index (χ4v) is 2.31. The molecule has 1 aliphatic heterocycles. The molecule has 0 unspecified atom stereocenters. The first-order valence-corrected chi connectivity index (χ1v) is 6.56. The van der Waals surface area contributed by atoms with Crippen molar-refractivity contribution in [2.45, 2.75) is 6.18 Å². The molecule has 1 fully saturated rings. The summed E-state index contributed by atoms with van der Waals surface area (Å²) in [5, 5.41) is 0. The normalized spacial score (nSPS) is 17.2. The van der Waals surface area contributed by atoms with Crippen LogP contribution in [0.1, 0.15) is 5.56 Å². The topological polar surface area (TPSA) is 45.4 Å². The predicted molar refractivity (Wildman–Crippen MR) is 74.7 cm³/mol. The second-order valence-corrected chi connectivity index (χ2v) is 5.15. The number of halogens is 3. The highest BCUT2D eigenvalue weighted by atomic mass is 32.1. The molecule has 0 aliphatic carbocycles. The van der Waals surface area contributed by atoms with E-state index in [1.54, 1.807) is 0 Å². The van der Waals surface area contributed by atoms with Gasteiger partial charge < -0.3 is 10.6 Å². The number of pyridine rings is 1. The lowest BCUT2D eigenvalue weighted by atomic mass is 10.2. The molecule has 8 heteroatoms. The molecule has 4 nitrogen and oxygen atoms in total. The summed E-state index contributed by atoms with van der Waals surface area (Å²) in [6.45, 7) is 3.16. The zero-order valence-corrected chi connectivity index (χ0v) is 11.5. The predicted octanol–water partition coefficient (Wildman–Crippen LogP) is 1.51. The second kappa shape index (κ2) is 5.92. The minimum Gasteiger partial charge on any atom is -0.392 e. The molecule has 0 saturated carbocycles. The van der Waals surface area contributed by atoms with Crippen LogP contribution in [0.2, 0.25) is 0 Å². The first kappa shape index (κ1) is 15.0. The van der Waals surface area contributed by atoms with Crippen molar-refractivity contribution in [1.29, 1.82) is 0 Å². The fraction of sp³-hybridized carbons (Fsp3) is 0.500. The third-order valence-electron chi connectivity index (χ3n) is 3.15. The average molecular weight is 304 g/mol. The first-order chi connectivity index (χ1) is 9.36. The number of anilines is 1. The van der Waals surface area contributed by atoms with Gasteiger partial charge in [-0.3, -0.25) is 4.90 Å². The van der Waals surface area contributed by atoms with E-state index in [9.17, 15) is 13.2 Å². The molecule has 0 radical (unpaired) electrons. The number of hydrogen-bond donors (Lipinski definition) is 1. The van der Waals surface area contributed by atoms with E-state index in [0.717, 1.165) is 12.1 Å². The van der Waals surface area contributed by atoms with E-state index in [2.05, 4.69) is 9.88 Å². The molecule has 1 aromatic rings. The van der Waals surface area contributed by atoms with Gasteiger partial charge in [-0.15, -0.1) is 0 Å². The van der Waals surface area contributed by atoms with E-state index in [1.807, 2.05) is 4.90 Å². The zero-order valence-electron chi connectivity index (χ0n) is 10.7. The van der Waals surface area contributed by atoms with Crippen molar-refractivity contribution < 1.29 is 13.2 Å². The number of nitrogens with two attached hydrogens (primary N) is 1. The third kappa shape index (κ3) is 3.80. The van der Waals surface area contributed by atoms with Crippen LogP contribution in [0.4, 0.5) is 19.0 Å². The van der Waals surface area contributed by atoms with E-state index >= 15 is 0 Å². The van der Waals surface area contributed by atoms with Gasteiger partial charge in [-0.1, -0.05) is 12.2 Å². The van der Waals surface area contributed by atoms with Gasteiger partial charge in [0.05, 0.1) is 10.6 Å². The average Bonchev–Trinajstić information content (AvgIpc) is 2.38. The molecule has 110 valence electrons. The summed E-state index contributed by atoms with van der Waals surface area (Å²) in [5.74, 6) is 0.356. The number of rotatable bonds is 3. The summed E-state index contributed by atoms with van der Waals surface area (Å²) < 4.78 is 38.0. The summed E-state index contributed by atoms with van der Waals surface area (Å²) in [5.41, 5.74) is 4.80. The van der Waals surface area contributed by atoms with Crippen LogP contribution < -0.4 is 10.6 Å². The monoisotopic (exact) mass is 304 g/mol. The minimum absolute atomic E-state index is 0.356. The molecule has 2 N–H and O–H groups in total. The van der Waals surface area contributed by atoms with Crippen molar-refractivity contribution in [3.05, 3.63) is 23.9 Å². The van der Waals surface area contributed by atoms with Crippen molar-refractivity contribution >= 4 is 23.0 Å². The van der Waals surface area contributed by atoms with Gasteiger partial charge in [0.1, 0.15) is 5.82 Å². The number of aromatic nitrogens is 1. The maximum atomic E-state index is 12.7. The Morgan fingerprint density at radius 2 is 1.95 bits per heavy atom. The molecule has 1 aromatic heterocycles. The second-order valence-electron chi connectivity index (χ2n) is 4.63. The molecule has 20 heavy (non-hydrogen) atoms. The summed E-state index contributed by atoms with van der Waals surface area (Å²) >= 11 is 4.84. The number of alkyl halides is 3. The number of piperazine rings is 1. The Balaban J connectivity index is 2.02. The maximum Gasteiger partial charge on any atom is 0.416 e. The summed E-state index contributed by atoms with van der Waals surface area (Å²) in [6, 6.07) is 2.07. The van der Waals surface area contributed by atoms with Crippen LogP contribution in [-0.4, -0.2) is 47.6 Å². The number of thiocarbonyl (C=S) groups is 1. The van der Waals surface area contributed by atoms with Crippen LogP contribution in [0.15, 0.2) is 18.3 Å². The van der Waals surface area contributed by atoms with Crippen LogP contribution in [-0.2, 0) is 6.18 Å². The molecular formula is C12H15F3N4S. The number of nitrogens with zero attached hydrogens (tertiary/aromatic N) is 3. The van der Waals surface area contributed by atoms with E-state index < -0.39 is 11.7 Å². The first-order valence-electron chi connectivity index (χ1n) is 6.15. The van der Waals surface area contributed by atoms with E-state index in [1.165, 1.54) is 6.20 Å². The lowest BCUT2D eigenvalue weighted by Crippen LogP contribution is -2.48. The van der Waals surface area contributed by atoms with Gasteiger partial charge in [-0.2, -0.15) is 13.2 Å². The van der Waals surface area contributed by atoms with Gasteiger partial charge in [-0.25, -0.2) is 4.98 Å². The van der Waals surface area contributed by atoms with Crippen LogP contribution in [0, 0.1) is 0 Å². The molecule has 1 aliphatic rings. The van der Waals surface area contributed by atoms with Gasteiger partial charge in [0.15, 0.2) is 0 Å². The Hall–Kier alpha value is -1.41. The summed E-state index contributed by atoms with van der Waals surface area (Å²) in [4.78, 5) is 8.36. The quantitative estimate of drug-likeness (QED) is 0.858. The summed E-state index contributed by atoms with van der Waals surface area (Å²) in [6.07, 6.45) is -3.15. The highest BCUT2D eigenvalue weighted by Crippen LogP contribution is 2.30. The Bertz CT molecular complexity index is 484. The lowest BCUT2D eigenvalue weighted by Gasteiger charge is -2.35. The van der Waals surface area contributed by atoms with Gasteiger partial charge in [0, 0.05) is 38.9 Å². The molecule has 0 bridgehead atoms. The number of hydrogen-bond acceptors (Lipinski definition) is 4. The molecule has 2 rings (SSSR count).